The van der Waals surface area contributed by atoms with Gasteiger partial charge in [0.1, 0.15) is 19.3 Å². The Morgan fingerprint density at radius 2 is 1.07 bits per heavy atom. The Morgan fingerprint density at radius 1 is 0.652 bits per heavy atom. The van der Waals surface area contributed by atoms with Gasteiger partial charge in [0.05, 0.1) is 6.10 Å². The second-order valence-corrected chi connectivity index (χ2v) is 13.1. The predicted octanol–water partition coefficient (Wildman–Crippen LogP) is 3.79. The molecule has 2 unspecified atom stereocenters. The normalized spacial score (nSPS) is 21.3. The molecule has 0 aromatic rings. The van der Waals surface area contributed by atoms with Crippen molar-refractivity contribution in [2.75, 3.05) is 52.5 Å². The number of esters is 1. The van der Waals surface area contributed by atoms with E-state index in [1.54, 1.807) is 0 Å². The molecule has 0 spiro atoms. The zero-order chi connectivity index (χ0) is 32.1. The maximum atomic E-state index is 11.8. The molecule has 0 aromatic carbocycles. The van der Waals surface area contributed by atoms with Crippen LogP contribution in [0.25, 0.3) is 0 Å². The number of nitrogens with one attached hydrogen (secondary N) is 4. The Bertz CT molecular complexity index is 836. The number of rotatable bonds is 13. The quantitative estimate of drug-likeness (QED) is 0.145. The molecule has 5 N–H and O–H groups in total. The van der Waals surface area contributed by atoms with Gasteiger partial charge in [0.2, 0.25) is 0 Å². The van der Waals surface area contributed by atoms with Gasteiger partial charge in [-0.2, -0.15) is 0 Å². The SMILES string of the molecule is CC(=O)OC(CONC(=O)NC1CCCCC1)CN1CCCCC1.Cl.O=C(NOCC(O)CN1CCCCC1)NC1CCCCC1. The maximum Gasteiger partial charge on any atom is 0.338 e. The van der Waals surface area contributed by atoms with Crippen LogP contribution in [0.4, 0.5) is 9.59 Å². The third kappa shape index (κ3) is 18.4. The first-order chi connectivity index (χ1) is 21.9. The number of piperidine rings is 2. The summed E-state index contributed by atoms with van der Waals surface area (Å²) in [7, 11) is 0. The lowest BCUT2D eigenvalue weighted by Gasteiger charge is -2.30. The monoisotopic (exact) mass is 676 g/mol. The van der Waals surface area contributed by atoms with E-state index in [1.165, 1.54) is 71.1 Å². The summed E-state index contributed by atoms with van der Waals surface area (Å²) in [4.78, 5) is 49.6. The molecule has 2 atom stereocenters. The number of hydroxylamine groups is 2. The van der Waals surface area contributed by atoms with Crippen LogP contribution in [-0.4, -0.2) is 110 Å². The number of ether oxygens (including phenoxy) is 1. The number of carbonyl (C=O) groups excluding carboxylic acids is 3. The number of likely N-dealkylation sites (tertiary alicyclic amines) is 2. The van der Waals surface area contributed by atoms with E-state index in [4.69, 9.17) is 14.4 Å². The molecular weight excluding hydrogens is 616 g/mol. The van der Waals surface area contributed by atoms with E-state index in [1.807, 2.05) is 0 Å². The van der Waals surface area contributed by atoms with Crippen molar-refractivity contribution < 1.29 is 33.9 Å². The van der Waals surface area contributed by atoms with Crippen LogP contribution in [0, 0.1) is 0 Å². The predicted molar refractivity (Wildman–Crippen MR) is 178 cm³/mol. The highest BCUT2D eigenvalue weighted by atomic mass is 35.5. The van der Waals surface area contributed by atoms with Gasteiger partial charge in [-0.3, -0.25) is 19.4 Å². The number of hydrogen-bond acceptors (Lipinski definition) is 9. The van der Waals surface area contributed by atoms with Crippen molar-refractivity contribution >= 4 is 30.4 Å². The first kappa shape index (κ1) is 40.3. The molecule has 2 heterocycles. The molecule has 46 heavy (non-hydrogen) atoms. The summed E-state index contributed by atoms with van der Waals surface area (Å²) in [5.41, 5.74) is 4.78. The molecule has 0 aromatic heterocycles. The highest BCUT2D eigenvalue weighted by Gasteiger charge is 2.21. The molecule has 2 aliphatic heterocycles. The summed E-state index contributed by atoms with van der Waals surface area (Å²) in [5.74, 6) is -0.327. The van der Waals surface area contributed by atoms with E-state index in [9.17, 15) is 19.5 Å². The van der Waals surface area contributed by atoms with Crippen LogP contribution in [0.2, 0.25) is 0 Å². The summed E-state index contributed by atoms with van der Waals surface area (Å²) in [6, 6.07) is -0.117. The zero-order valence-electron chi connectivity index (χ0n) is 28.0. The molecule has 2 saturated carbocycles. The van der Waals surface area contributed by atoms with Gasteiger partial charge in [0.15, 0.2) is 0 Å². The van der Waals surface area contributed by atoms with Gasteiger partial charge in [-0.15, -0.1) is 12.4 Å². The molecule has 2 saturated heterocycles. The fourth-order valence-corrected chi connectivity index (χ4v) is 6.61. The van der Waals surface area contributed by atoms with Gasteiger partial charge < -0.3 is 25.4 Å². The minimum Gasteiger partial charge on any atom is -0.459 e. The number of carbonyl (C=O) groups is 3. The van der Waals surface area contributed by atoms with E-state index < -0.39 is 6.10 Å². The van der Waals surface area contributed by atoms with Crippen LogP contribution in [-0.2, 0) is 19.2 Å². The Kier molecular flexibility index (Phi) is 21.3. The van der Waals surface area contributed by atoms with Crippen LogP contribution >= 0.6 is 12.4 Å². The van der Waals surface area contributed by atoms with E-state index in [2.05, 4.69) is 31.4 Å². The summed E-state index contributed by atoms with van der Waals surface area (Å²) >= 11 is 0. The molecule has 4 aliphatic rings. The third-order valence-corrected chi connectivity index (χ3v) is 8.92. The fraction of sp³-hybridized carbons (Fsp3) is 0.906. The topological polar surface area (TPSA) is 154 Å². The first-order valence-electron chi connectivity index (χ1n) is 17.5. The molecule has 13 nitrogen and oxygen atoms in total. The average Bonchev–Trinajstić information content (AvgIpc) is 3.03. The smallest absolute Gasteiger partial charge is 0.338 e. The van der Waals surface area contributed by atoms with E-state index in [0.717, 1.165) is 64.7 Å². The standard InChI is InChI=1S/C17H31N3O4.C15H29N3O3.ClH/c1-14(21)24-16(12-20-10-6-3-7-11-20)13-23-19-17(22)18-15-8-4-2-5-9-15;19-14(11-18-9-5-2-6-10-18)12-21-17-15(20)16-13-7-3-1-4-8-13;/h15-16H,2-13H2,1H3,(H2,18,19,22);13-14,19H,1-12H2,(H2,16,17,20);1H. The number of hydrogen-bond donors (Lipinski definition) is 5. The van der Waals surface area contributed by atoms with Crippen molar-refractivity contribution in [1.29, 1.82) is 0 Å². The first-order valence-corrected chi connectivity index (χ1v) is 17.5. The maximum absolute atomic E-state index is 11.8. The van der Waals surface area contributed by atoms with Crippen LogP contribution < -0.4 is 21.6 Å². The minimum absolute atomic E-state index is 0. The lowest BCUT2D eigenvalue weighted by molar-refractivity contribution is -0.152. The number of aliphatic hydroxyl groups excluding tert-OH is 1. The molecule has 4 rings (SSSR count). The van der Waals surface area contributed by atoms with Gasteiger partial charge in [0.25, 0.3) is 0 Å². The average molecular weight is 677 g/mol. The lowest BCUT2D eigenvalue weighted by atomic mass is 9.96. The summed E-state index contributed by atoms with van der Waals surface area (Å²) in [6.07, 6.45) is 17.7. The van der Waals surface area contributed by atoms with Gasteiger partial charge in [-0.25, -0.2) is 20.5 Å². The lowest BCUT2D eigenvalue weighted by Crippen LogP contribution is -2.45. The highest BCUT2D eigenvalue weighted by Crippen LogP contribution is 2.18. The van der Waals surface area contributed by atoms with Gasteiger partial charge >= 0.3 is 18.0 Å². The van der Waals surface area contributed by atoms with Crippen molar-refractivity contribution in [2.24, 2.45) is 0 Å². The van der Waals surface area contributed by atoms with E-state index in [-0.39, 0.29) is 61.8 Å². The number of aliphatic hydroxyl groups is 1. The largest absolute Gasteiger partial charge is 0.459 e. The summed E-state index contributed by atoms with van der Waals surface area (Å²) < 4.78 is 5.31. The van der Waals surface area contributed by atoms with E-state index >= 15 is 0 Å². The highest BCUT2D eigenvalue weighted by molar-refractivity contribution is 5.85. The Balaban J connectivity index is 0.000000316. The Hall–Kier alpha value is -1.90. The second-order valence-electron chi connectivity index (χ2n) is 13.1. The minimum atomic E-state index is -0.557. The summed E-state index contributed by atoms with van der Waals surface area (Å²) in [6.45, 7) is 7.09. The second kappa shape index (κ2) is 24.3. The van der Waals surface area contributed by atoms with Crippen LogP contribution in [0.3, 0.4) is 0 Å². The number of β-amino-alcohol motifs (C(OH)–C–C–N with tert-alkyl or cyclic N) is 1. The number of amides is 4. The van der Waals surface area contributed by atoms with Crippen molar-refractivity contribution in [2.45, 2.75) is 134 Å². The molecule has 268 valence electrons. The van der Waals surface area contributed by atoms with Crippen LogP contribution in [0.1, 0.15) is 110 Å². The molecule has 0 radical (unpaired) electrons. The van der Waals surface area contributed by atoms with Gasteiger partial charge in [-0.05, 0) is 77.5 Å². The van der Waals surface area contributed by atoms with Gasteiger partial charge in [0, 0.05) is 32.1 Å². The fourth-order valence-electron chi connectivity index (χ4n) is 6.61. The third-order valence-electron chi connectivity index (χ3n) is 8.92. The van der Waals surface area contributed by atoms with Crippen molar-refractivity contribution in [3.63, 3.8) is 0 Å². The molecule has 0 bridgehead atoms. The zero-order valence-corrected chi connectivity index (χ0v) is 28.8. The number of nitrogens with zero attached hydrogens (tertiary/aromatic N) is 2. The number of urea groups is 2. The molecular formula is C32H61ClN6O7. The number of halogens is 1. The van der Waals surface area contributed by atoms with Crippen molar-refractivity contribution in [3.05, 3.63) is 0 Å². The molecule has 2 aliphatic carbocycles. The Labute approximate surface area is 281 Å². The summed E-state index contributed by atoms with van der Waals surface area (Å²) in [5, 5.41) is 15.7. The van der Waals surface area contributed by atoms with Gasteiger partial charge in [-0.1, -0.05) is 51.4 Å². The van der Waals surface area contributed by atoms with Crippen molar-refractivity contribution in [1.82, 2.24) is 31.4 Å². The molecule has 14 heteroatoms. The van der Waals surface area contributed by atoms with Crippen LogP contribution in [0.15, 0.2) is 0 Å². The van der Waals surface area contributed by atoms with Crippen molar-refractivity contribution in [3.8, 4) is 0 Å². The molecule has 4 fully saturated rings. The molecule has 4 amide bonds. The van der Waals surface area contributed by atoms with E-state index in [0.29, 0.717) is 13.1 Å². The van der Waals surface area contributed by atoms with Crippen LogP contribution in [0.5, 0.6) is 0 Å². The Morgan fingerprint density at radius 3 is 1.52 bits per heavy atom.